The van der Waals surface area contributed by atoms with Crippen LogP contribution in [-0.2, 0) is 11.8 Å². The highest BCUT2D eigenvalue weighted by molar-refractivity contribution is 7.20. The van der Waals surface area contributed by atoms with Crippen LogP contribution in [0.25, 0.3) is 10.2 Å². The van der Waals surface area contributed by atoms with E-state index < -0.39 is 0 Å². The van der Waals surface area contributed by atoms with Crippen molar-refractivity contribution in [1.29, 1.82) is 0 Å². The minimum Gasteiger partial charge on any atom is -0.475 e. The van der Waals surface area contributed by atoms with E-state index in [1.165, 1.54) is 28.4 Å². The van der Waals surface area contributed by atoms with Gasteiger partial charge in [0.25, 0.3) is 11.5 Å². The Kier molecular flexibility index (Phi) is 5.29. The molecule has 0 radical (unpaired) electrons. The van der Waals surface area contributed by atoms with Gasteiger partial charge in [-0.3, -0.25) is 9.59 Å². The van der Waals surface area contributed by atoms with Crippen molar-refractivity contribution < 1.29 is 14.3 Å². The maximum Gasteiger partial charge on any atom is 0.266 e. The summed E-state index contributed by atoms with van der Waals surface area (Å²) in [6, 6.07) is 3.37. The van der Waals surface area contributed by atoms with Gasteiger partial charge in [-0.1, -0.05) is 0 Å². The van der Waals surface area contributed by atoms with Gasteiger partial charge in [0.15, 0.2) is 0 Å². The van der Waals surface area contributed by atoms with Crippen molar-refractivity contribution in [2.45, 2.75) is 6.92 Å². The number of hydrogen-bond donors (Lipinski definition) is 1. The maximum atomic E-state index is 12.6. The van der Waals surface area contributed by atoms with Gasteiger partial charge in [0.05, 0.1) is 35.1 Å². The van der Waals surface area contributed by atoms with Crippen molar-refractivity contribution in [2.24, 2.45) is 7.05 Å². The molecule has 3 aromatic heterocycles. The van der Waals surface area contributed by atoms with E-state index in [2.05, 4.69) is 15.3 Å². The fourth-order valence-corrected chi connectivity index (χ4v) is 3.42. The topological polar surface area (TPSA) is 95.3 Å². The third-order valence-electron chi connectivity index (χ3n) is 3.75. The molecule has 0 aromatic carbocycles. The molecule has 0 aliphatic rings. The number of rotatable bonds is 6. The number of pyridine rings is 1. The number of aryl methyl sites for hydroxylation is 2. The Morgan fingerprint density at radius 3 is 2.81 bits per heavy atom. The number of anilines is 1. The molecule has 0 bridgehead atoms. The van der Waals surface area contributed by atoms with Crippen LogP contribution in [0.4, 0.5) is 5.69 Å². The number of methoxy groups -OCH3 is 1. The van der Waals surface area contributed by atoms with Crippen molar-refractivity contribution in [3.63, 3.8) is 0 Å². The lowest BCUT2D eigenvalue weighted by Crippen LogP contribution is -2.17. The smallest absolute Gasteiger partial charge is 0.266 e. The lowest BCUT2D eigenvalue weighted by molar-refractivity contribution is 0.103. The Morgan fingerprint density at radius 2 is 2.12 bits per heavy atom. The highest BCUT2D eigenvalue weighted by Crippen LogP contribution is 2.27. The highest BCUT2D eigenvalue weighted by atomic mass is 32.1. The van der Waals surface area contributed by atoms with E-state index in [0.29, 0.717) is 45.4 Å². The molecule has 8 nitrogen and oxygen atoms in total. The summed E-state index contributed by atoms with van der Waals surface area (Å²) in [6.07, 6.45) is 2.97. The van der Waals surface area contributed by atoms with Crippen LogP contribution in [0.2, 0.25) is 0 Å². The van der Waals surface area contributed by atoms with Crippen LogP contribution in [-0.4, -0.2) is 40.8 Å². The van der Waals surface area contributed by atoms with Crippen LogP contribution in [0.3, 0.4) is 0 Å². The van der Waals surface area contributed by atoms with E-state index in [1.54, 1.807) is 33.2 Å². The largest absolute Gasteiger partial charge is 0.475 e. The first-order chi connectivity index (χ1) is 12.5. The van der Waals surface area contributed by atoms with Crippen LogP contribution in [0.5, 0.6) is 5.88 Å². The quantitative estimate of drug-likeness (QED) is 0.663. The molecule has 3 heterocycles. The van der Waals surface area contributed by atoms with Gasteiger partial charge in [0.2, 0.25) is 5.88 Å². The summed E-state index contributed by atoms with van der Waals surface area (Å²) in [4.78, 5) is 34.2. The van der Waals surface area contributed by atoms with Crippen molar-refractivity contribution in [1.82, 2.24) is 14.5 Å². The maximum absolute atomic E-state index is 12.6. The number of fused-ring (bicyclic) bond motifs is 1. The van der Waals surface area contributed by atoms with E-state index in [-0.39, 0.29) is 11.5 Å². The van der Waals surface area contributed by atoms with Gasteiger partial charge in [-0.15, -0.1) is 11.3 Å². The molecule has 1 N–H and O–H groups in total. The fraction of sp³-hybridized carbons (Fsp3) is 0.294. The Balaban J connectivity index is 1.78. The van der Waals surface area contributed by atoms with Crippen molar-refractivity contribution in [3.8, 4) is 5.88 Å². The molecule has 3 rings (SSSR count). The number of carbonyl (C=O) groups excluding carboxylic acids is 1. The second-order valence-electron chi connectivity index (χ2n) is 5.58. The molecule has 0 aliphatic heterocycles. The van der Waals surface area contributed by atoms with Crippen molar-refractivity contribution in [2.75, 3.05) is 25.6 Å². The summed E-state index contributed by atoms with van der Waals surface area (Å²) < 4.78 is 11.7. The summed E-state index contributed by atoms with van der Waals surface area (Å²) in [7, 11) is 3.23. The van der Waals surface area contributed by atoms with Crippen LogP contribution >= 0.6 is 11.3 Å². The molecule has 0 fully saturated rings. The summed E-state index contributed by atoms with van der Waals surface area (Å²) >= 11 is 1.20. The molecule has 0 aliphatic carbocycles. The molecular formula is C17H18N4O4S. The molecule has 0 saturated carbocycles. The monoisotopic (exact) mass is 374 g/mol. The normalized spacial score (nSPS) is 10.9. The standard InChI is InChI=1S/C17H18N4O4S/c1-10-13-16(19-9-21(2)17(13)23)26-14(10)15(22)20-11-4-5-12(18-8-11)25-7-6-24-3/h4-5,8-9H,6-7H2,1-3H3,(H,20,22). The Hall–Kier alpha value is -2.78. The average molecular weight is 374 g/mol. The van der Waals surface area contributed by atoms with Gasteiger partial charge in [-0.25, -0.2) is 9.97 Å². The van der Waals surface area contributed by atoms with E-state index in [0.717, 1.165) is 0 Å². The predicted molar refractivity (Wildman–Crippen MR) is 99.2 cm³/mol. The summed E-state index contributed by atoms with van der Waals surface area (Å²) in [5.74, 6) is 0.146. The van der Waals surface area contributed by atoms with Gasteiger partial charge in [0, 0.05) is 20.2 Å². The second-order valence-corrected chi connectivity index (χ2v) is 6.58. The number of thiophene rings is 1. The second kappa shape index (κ2) is 7.63. The van der Waals surface area contributed by atoms with Gasteiger partial charge in [-0.05, 0) is 18.6 Å². The first-order valence-electron chi connectivity index (χ1n) is 7.85. The molecular weight excluding hydrogens is 356 g/mol. The Labute approximate surface area is 153 Å². The Bertz CT molecular complexity index is 994. The zero-order chi connectivity index (χ0) is 18.7. The van der Waals surface area contributed by atoms with E-state index in [9.17, 15) is 9.59 Å². The molecule has 0 spiro atoms. The van der Waals surface area contributed by atoms with E-state index >= 15 is 0 Å². The average Bonchev–Trinajstić information content (AvgIpc) is 2.97. The van der Waals surface area contributed by atoms with Crippen LogP contribution in [0.1, 0.15) is 15.2 Å². The first kappa shape index (κ1) is 18.0. The third-order valence-corrected chi connectivity index (χ3v) is 4.95. The number of aromatic nitrogens is 3. The van der Waals surface area contributed by atoms with E-state index in [1.807, 2.05) is 0 Å². The molecule has 9 heteroatoms. The summed E-state index contributed by atoms with van der Waals surface area (Å²) in [6.45, 7) is 2.62. The zero-order valence-corrected chi connectivity index (χ0v) is 15.4. The highest BCUT2D eigenvalue weighted by Gasteiger charge is 2.19. The summed E-state index contributed by atoms with van der Waals surface area (Å²) in [5.41, 5.74) is 0.998. The zero-order valence-electron chi connectivity index (χ0n) is 14.6. The molecule has 0 saturated heterocycles. The van der Waals surface area contributed by atoms with Crippen LogP contribution in [0.15, 0.2) is 29.5 Å². The van der Waals surface area contributed by atoms with Gasteiger partial charge in [0.1, 0.15) is 11.4 Å². The molecule has 1 amide bonds. The molecule has 0 unspecified atom stereocenters. The number of amides is 1. The third kappa shape index (κ3) is 3.58. The number of ether oxygens (including phenoxy) is 2. The summed E-state index contributed by atoms with van der Waals surface area (Å²) in [5, 5.41) is 3.26. The minimum atomic E-state index is -0.303. The molecule has 136 valence electrons. The Morgan fingerprint density at radius 1 is 1.31 bits per heavy atom. The van der Waals surface area contributed by atoms with Crippen LogP contribution < -0.4 is 15.6 Å². The number of carbonyl (C=O) groups is 1. The van der Waals surface area contributed by atoms with Gasteiger partial charge in [-0.2, -0.15) is 0 Å². The fourth-order valence-electron chi connectivity index (χ4n) is 2.38. The van der Waals surface area contributed by atoms with Crippen LogP contribution in [0, 0.1) is 6.92 Å². The molecule has 26 heavy (non-hydrogen) atoms. The number of nitrogens with one attached hydrogen (secondary N) is 1. The predicted octanol–water partition coefficient (Wildman–Crippen LogP) is 1.98. The van der Waals surface area contributed by atoms with Gasteiger partial charge < -0.3 is 19.4 Å². The SMILES string of the molecule is COCCOc1ccc(NC(=O)c2sc3ncn(C)c(=O)c3c2C)cn1. The number of hydrogen-bond acceptors (Lipinski definition) is 7. The van der Waals surface area contributed by atoms with Crippen molar-refractivity contribution in [3.05, 3.63) is 45.5 Å². The minimum absolute atomic E-state index is 0.165. The first-order valence-corrected chi connectivity index (χ1v) is 8.66. The molecule has 3 aromatic rings. The van der Waals surface area contributed by atoms with E-state index in [4.69, 9.17) is 9.47 Å². The van der Waals surface area contributed by atoms with Gasteiger partial charge >= 0.3 is 0 Å². The lowest BCUT2D eigenvalue weighted by Gasteiger charge is -2.07. The lowest BCUT2D eigenvalue weighted by atomic mass is 10.2. The molecule has 0 atom stereocenters. The van der Waals surface area contributed by atoms with Crippen molar-refractivity contribution >= 4 is 33.1 Å². The number of nitrogens with zero attached hydrogens (tertiary/aromatic N) is 3.